The van der Waals surface area contributed by atoms with Crippen LogP contribution in [-0.2, 0) is 0 Å². The molecular weight excluding hydrogens is 381 g/mol. The number of piperidine rings is 1. The summed E-state index contributed by atoms with van der Waals surface area (Å²) in [7, 11) is 0. The Hall–Kier alpha value is -2.51. The minimum Gasteiger partial charge on any atom is -0.363 e. The van der Waals surface area contributed by atoms with Gasteiger partial charge in [-0.25, -0.2) is 4.68 Å². The highest BCUT2D eigenvalue weighted by Crippen LogP contribution is 2.44. The van der Waals surface area contributed by atoms with Crippen LogP contribution in [0.5, 0.6) is 0 Å². The summed E-state index contributed by atoms with van der Waals surface area (Å²) in [5.41, 5.74) is 0.984. The van der Waals surface area contributed by atoms with E-state index < -0.39 is 18.3 Å². The van der Waals surface area contributed by atoms with Gasteiger partial charge in [-0.15, -0.1) is 0 Å². The van der Waals surface area contributed by atoms with Gasteiger partial charge in [-0.05, 0) is 31.2 Å². The number of hydrogen-bond acceptors (Lipinski definition) is 3. The van der Waals surface area contributed by atoms with Gasteiger partial charge in [0.15, 0.2) is 6.04 Å². The second kappa shape index (κ2) is 7.72. The predicted octanol–water partition coefficient (Wildman–Crippen LogP) is 4.95. The van der Waals surface area contributed by atoms with Crippen molar-refractivity contribution in [2.24, 2.45) is 0 Å². The molecule has 1 aromatic heterocycles. The molecule has 1 N–H and O–H groups in total. The van der Waals surface area contributed by atoms with E-state index in [1.165, 1.54) is 6.20 Å². The van der Waals surface area contributed by atoms with Gasteiger partial charge in [-0.3, -0.25) is 4.79 Å². The number of likely N-dealkylation sites (tertiary alicyclic amines) is 1. The third-order valence-electron chi connectivity index (χ3n) is 6.03. The normalized spacial score (nSPS) is 24.7. The molecule has 1 amide bonds. The maximum Gasteiger partial charge on any atom is 0.410 e. The Labute approximate surface area is 167 Å². The van der Waals surface area contributed by atoms with Crippen LogP contribution >= 0.6 is 0 Å². The van der Waals surface area contributed by atoms with Crippen LogP contribution in [0.3, 0.4) is 0 Å². The van der Waals surface area contributed by atoms with Crippen LogP contribution in [0.25, 0.3) is 0 Å². The first-order chi connectivity index (χ1) is 13.9. The van der Waals surface area contributed by atoms with Gasteiger partial charge in [0.1, 0.15) is 11.4 Å². The van der Waals surface area contributed by atoms with Crippen molar-refractivity contribution >= 4 is 11.7 Å². The first-order valence-corrected chi connectivity index (χ1v) is 10.2. The van der Waals surface area contributed by atoms with E-state index in [2.05, 4.69) is 10.4 Å². The number of carbonyl (C=O) groups is 1. The summed E-state index contributed by atoms with van der Waals surface area (Å²) in [6.07, 6.45) is 0.412. The second-order valence-corrected chi connectivity index (χ2v) is 7.81. The van der Waals surface area contributed by atoms with Gasteiger partial charge in [-0.2, -0.15) is 18.3 Å². The number of hydrogen-bond donors (Lipinski definition) is 1. The zero-order valence-corrected chi connectivity index (χ0v) is 16.3. The fraction of sp³-hybridized carbons (Fsp3) is 0.524. The minimum atomic E-state index is -4.45. The van der Waals surface area contributed by atoms with Crippen LogP contribution in [0.1, 0.15) is 67.0 Å². The molecule has 0 unspecified atom stereocenters. The lowest BCUT2D eigenvalue weighted by Gasteiger charge is -2.37. The summed E-state index contributed by atoms with van der Waals surface area (Å²) in [6.45, 7) is 2.67. The molecule has 3 atom stereocenters. The molecule has 8 heteroatoms. The molecule has 0 bridgehead atoms. The first-order valence-electron chi connectivity index (χ1n) is 10.2. The van der Waals surface area contributed by atoms with E-state index in [1.54, 1.807) is 29.2 Å². The van der Waals surface area contributed by atoms with E-state index in [0.29, 0.717) is 6.54 Å². The third-order valence-corrected chi connectivity index (χ3v) is 6.03. The molecule has 2 aliphatic heterocycles. The molecule has 0 saturated carbocycles. The number of fused-ring (bicyclic) bond motifs is 1. The first kappa shape index (κ1) is 19.8. The minimum absolute atomic E-state index is 0.124. The Morgan fingerprint density at radius 3 is 2.69 bits per heavy atom. The van der Waals surface area contributed by atoms with Gasteiger partial charge in [0.05, 0.1) is 12.2 Å². The smallest absolute Gasteiger partial charge is 0.363 e. The van der Waals surface area contributed by atoms with Crippen molar-refractivity contribution < 1.29 is 18.0 Å². The van der Waals surface area contributed by atoms with Gasteiger partial charge in [0, 0.05) is 19.0 Å². The Morgan fingerprint density at radius 2 is 2.00 bits per heavy atom. The summed E-state index contributed by atoms with van der Waals surface area (Å²) in [4.78, 5) is 15.1. The molecule has 29 heavy (non-hydrogen) atoms. The molecule has 5 nitrogen and oxygen atoms in total. The lowest BCUT2D eigenvalue weighted by Crippen LogP contribution is -2.44. The number of nitrogens with zero attached hydrogens (tertiary/aromatic N) is 3. The van der Waals surface area contributed by atoms with Crippen LogP contribution in [0.2, 0.25) is 0 Å². The van der Waals surface area contributed by atoms with Gasteiger partial charge < -0.3 is 10.2 Å². The molecule has 156 valence electrons. The molecular formula is C21H25F3N4O. The number of anilines is 1. The van der Waals surface area contributed by atoms with Crippen LogP contribution in [0, 0.1) is 0 Å². The molecule has 2 aromatic rings. The number of amides is 1. The van der Waals surface area contributed by atoms with Crippen molar-refractivity contribution in [3.63, 3.8) is 0 Å². The van der Waals surface area contributed by atoms with Crippen LogP contribution < -0.4 is 5.32 Å². The van der Waals surface area contributed by atoms with E-state index in [4.69, 9.17) is 0 Å². The van der Waals surface area contributed by atoms with Crippen LogP contribution in [0.4, 0.5) is 19.0 Å². The van der Waals surface area contributed by atoms with Gasteiger partial charge in [-0.1, -0.05) is 37.3 Å². The molecule has 1 fully saturated rings. The number of alkyl halides is 3. The topological polar surface area (TPSA) is 50.2 Å². The van der Waals surface area contributed by atoms with Crippen molar-refractivity contribution in [2.75, 3.05) is 11.9 Å². The van der Waals surface area contributed by atoms with Gasteiger partial charge >= 0.3 is 6.18 Å². The average Bonchev–Trinajstić information content (AvgIpc) is 3.16. The van der Waals surface area contributed by atoms with Crippen molar-refractivity contribution in [2.45, 2.75) is 63.3 Å². The third kappa shape index (κ3) is 3.72. The maximum atomic E-state index is 13.8. The summed E-state index contributed by atoms with van der Waals surface area (Å²) in [5.74, 6) is -0.0715. The summed E-state index contributed by atoms with van der Waals surface area (Å²) >= 11 is 0. The van der Waals surface area contributed by atoms with Crippen molar-refractivity contribution in [1.82, 2.24) is 14.7 Å². The van der Waals surface area contributed by atoms with E-state index in [0.717, 1.165) is 35.9 Å². The molecule has 1 saturated heterocycles. The summed E-state index contributed by atoms with van der Waals surface area (Å²) < 4.78 is 42.4. The van der Waals surface area contributed by atoms with Gasteiger partial charge in [0.25, 0.3) is 5.91 Å². The lowest BCUT2D eigenvalue weighted by atomic mass is 9.96. The van der Waals surface area contributed by atoms with Crippen LogP contribution in [-0.4, -0.2) is 39.4 Å². The maximum absolute atomic E-state index is 13.8. The Balaban J connectivity index is 1.71. The lowest BCUT2D eigenvalue weighted by molar-refractivity contribution is -0.173. The molecule has 4 rings (SSSR count). The zero-order chi connectivity index (χ0) is 20.6. The summed E-state index contributed by atoms with van der Waals surface area (Å²) in [6, 6.07) is 6.85. The predicted molar refractivity (Wildman–Crippen MR) is 104 cm³/mol. The quantitative estimate of drug-likeness (QED) is 0.785. The van der Waals surface area contributed by atoms with E-state index in [1.807, 2.05) is 13.0 Å². The highest BCUT2D eigenvalue weighted by molar-refractivity contribution is 5.99. The number of benzene rings is 1. The fourth-order valence-corrected chi connectivity index (χ4v) is 4.47. The molecule has 0 spiro atoms. The highest BCUT2D eigenvalue weighted by atomic mass is 19.4. The second-order valence-electron chi connectivity index (χ2n) is 7.81. The van der Waals surface area contributed by atoms with Crippen LogP contribution in [0.15, 0.2) is 36.5 Å². The Morgan fingerprint density at radius 1 is 1.24 bits per heavy atom. The number of carbonyl (C=O) groups excluding carboxylic acids is 1. The SMILES string of the molecule is CC[C@@H]1CCCCN1C(=O)c1cnn2c1N[C@@H](c1ccccc1)C[C@H]2C(F)(F)F. The zero-order valence-electron chi connectivity index (χ0n) is 16.3. The summed E-state index contributed by atoms with van der Waals surface area (Å²) in [5, 5.41) is 7.16. The molecule has 1 aromatic carbocycles. The number of rotatable bonds is 3. The monoisotopic (exact) mass is 406 g/mol. The standard InChI is InChI=1S/C21H25F3N4O/c1-2-15-10-6-7-11-27(15)20(29)16-13-25-28-18(21(22,23)24)12-17(26-19(16)28)14-8-4-3-5-9-14/h3-5,8-9,13,15,17-18,26H,2,6-7,10-12H2,1H3/t15-,17-,18+/m1/s1. The molecule has 0 aliphatic carbocycles. The Bertz CT molecular complexity index is 865. The van der Waals surface area contributed by atoms with Gasteiger partial charge in [0.2, 0.25) is 0 Å². The Kier molecular flexibility index (Phi) is 5.27. The molecule has 0 radical (unpaired) electrons. The van der Waals surface area contributed by atoms with E-state index >= 15 is 0 Å². The van der Waals surface area contributed by atoms with E-state index in [-0.39, 0.29) is 29.8 Å². The fourth-order valence-electron chi connectivity index (χ4n) is 4.47. The molecule has 2 aliphatic rings. The van der Waals surface area contributed by atoms with Crippen molar-refractivity contribution in [3.05, 3.63) is 47.7 Å². The molecule has 3 heterocycles. The van der Waals surface area contributed by atoms with E-state index in [9.17, 15) is 18.0 Å². The number of aromatic nitrogens is 2. The average molecular weight is 406 g/mol. The number of nitrogens with one attached hydrogen (secondary N) is 1. The largest absolute Gasteiger partial charge is 0.410 e. The van der Waals surface area contributed by atoms with Crippen molar-refractivity contribution in [1.29, 1.82) is 0 Å². The number of halogens is 3. The highest BCUT2D eigenvalue weighted by Gasteiger charge is 2.47. The van der Waals surface area contributed by atoms with Crippen molar-refractivity contribution in [3.8, 4) is 0 Å².